The predicted molar refractivity (Wildman–Crippen MR) is 51.5 cm³/mol. The van der Waals surface area contributed by atoms with Gasteiger partial charge in [-0.3, -0.25) is 4.79 Å². The van der Waals surface area contributed by atoms with Gasteiger partial charge in [-0.1, -0.05) is 15.9 Å². The van der Waals surface area contributed by atoms with Crippen LogP contribution in [0.5, 0.6) is 0 Å². The maximum atomic E-state index is 12.9. The number of aromatic nitrogens is 1. The van der Waals surface area contributed by atoms with Gasteiger partial charge in [0.1, 0.15) is 0 Å². The van der Waals surface area contributed by atoms with Crippen molar-refractivity contribution in [2.24, 2.45) is 0 Å². The Hall–Kier alpha value is -0.970. The molecule has 5 heteroatoms. The van der Waals surface area contributed by atoms with Crippen molar-refractivity contribution in [1.82, 2.24) is 4.98 Å². The van der Waals surface area contributed by atoms with E-state index in [1.165, 1.54) is 0 Å². The Morgan fingerprint density at radius 3 is 2.92 bits per heavy atom. The molecular weight excluding hydrogens is 239 g/mol. The first-order valence-electron chi connectivity index (χ1n) is 3.58. The molecule has 70 valence electrons. The normalized spacial score (nSPS) is 10.1. The van der Waals surface area contributed by atoms with Crippen LogP contribution in [-0.2, 0) is 0 Å². The molecule has 0 unspecified atom stereocenters. The number of rotatable bonds is 2. The molecule has 0 atom stereocenters. The lowest BCUT2D eigenvalue weighted by Gasteiger charge is -2.03. The van der Waals surface area contributed by atoms with E-state index in [1.54, 1.807) is 6.92 Å². The fraction of sp³-hybridized carbons (Fsp3) is 0.250. The number of hydrogen-bond donors (Lipinski definition) is 1. The van der Waals surface area contributed by atoms with Gasteiger partial charge in [-0.2, -0.15) is 0 Å². The van der Waals surface area contributed by atoms with E-state index in [-0.39, 0.29) is 22.5 Å². The van der Waals surface area contributed by atoms with Crippen LogP contribution in [0.25, 0.3) is 0 Å². The van der Waals surface area contributed by atoms with Crippen LogP contribution < -0.4 is 5.73 Å². The third-order valence-corrected chi connectivity index (χ3v) is 2.12. The standard InChI is InChI=1S/C8H8BrFN2O/c1-4-5(7(13)3-9)2-6(10)8(11)12-4/h2H,3H2,1H3,(H2,11,12). The number of ketones is 1. The molecule has 2 N–H and O–H groups in total. The fourth-order valence-electron chi connectivity index (χ4n) is 0.954. The number of anilines is 1. The highest BCUT2D eigenvalue weighted by molar-refractivity contribution is 9.09. The Morgan fingerprint density at radius 2 is 2.38 bits per heavy atom. The minimum absolute atomic E-state index is 0.152. The SMILES string of the molecule is Cc1nc(N)c(F)cc1C(=O)CBr. The summed E-state index contributed by atoms with van der Waals surface area (Å²) < 4.78 is 12.9. The molecule has 0 aromatic carbocycles. The molecule has 0 saturated carbocycles. The number of alkyl halides is 1. The van der Waals surface area contributed by atoms with Crippen molar-refractivity contribution in [2.75, 3.05) is 11.1 Å². The van der Waals surface area contributed by atoms with Crippen molar-refractivity contribution in [1.29, 1.82) is 0 Å². The Labute approximate surface area is 83.3 Å². The van der Waals surface area contributed by atoms with Gasteiger partial charge in [-0.05, 0) is 13.0 Å². The van der Waals surface area contributed by atoms with E-state index in [0.717, 1.165) is 6.07 Å². The molecule has 13 heavy (non-hydrogen) atoms. The van der Waals surface area contributed by atoms with Crippen LogP contribution in [0.2, 0.25) is 0 Å². The van der Waals surface area contributed by atoms with E-state index in [0.29, 0.717) is 5.69 Å². The van der Waals surface area contributed by atoms with Gasteiger partial charge < -0.3 is 5.73 Å². The van der Waals surface area contributed by atoms with Gasteiger partial charge in [0.15, 0.2) is 17.4 Å². The largest absolute Gasteiger partial charge is 0.381 e. The van der Waals surface area contributed by atoms with E-state index in [4.69, 9.17) is 5.73 Å². The lowest BCUT2D eigenvalue weighted by atomic mass is 10.1. The molecule has 0 aliphatic rings. The smallest absolute Gasteiger partial charge is 0.175 e. The molecule has 1 aromatic heterocycles. The molecule has 0 radical (unpaired) electrons. The number of halogens is 2. The Balaban J connectivity index is 3.23. The number of nitrogens with zero attached hydrogens (tertiary/aromatic N) is 1. The van der Waals surface area contributed by atoms with E-state index in [9.17, 15) is 9.18 Å². The van der Waals surface area contributed by atoms with Crippen molar-refractivity contribution >= 4 is 27.5 Å². The minimum atomic E-state index is -0.658. The van der Waals surface area contributed by atoms with E-state index >= 15 is 0 Å². The second-order valence-electron chi connectivity index (χ2n) is 2.55. The summed E-state index contributed by atoms with van der Waals surface area (Å²) >= 11 is 3.00. The third kappa shape index (κ3) is 2.03. The van der Waals surface area contributed by atoms with Gasteiger partial charge >= 0.3 is 0 Å². The molecule has 0 fully saturated rings. The highest BCUT2D eigenvalue weighted by atomic mass is 79.9. The zero-order valence-electron chi connectivity index (χ0n) is 6.97. The van der Waals surface area contributed by atoms with Crippen LogP contribution in [0.15, 0.2) is 6.07 Å². The van der Waals surface area contributed by atoms with Crippen molar-refractivity contribution < 1.29 is 9.18 Å². The maximum Gasteiger partial charge on any atom is 0.175 e. The first-order valence-corrected chi connectivity index (χ1v) is 4.70. The highest BCUT2D eigenvalue weighted by Gasteiger charge is 2.12. The molecule has 1 heterocycles. The maximum absolute atomic E-state index is 12.9. The Morgan fingerprint density at radius 1 is 1.77 bits per heavy atom. The zero-order valence-corrected chi connectivity index (χ0v) is 8.56. The number of pyridine rings is 1. The van der Waals surface area contributed by atoms with Crippen LogP contribution in [0.4, 0.5) is 10.2 Å². The average Bonchev–Trinajstić information content (AvgIpc) is 2.10. The van der Waals surface area contributed by atoms with Gasteiger partial charge in [0.05, 0.1) is 11.0 Å². The molecule has 0 saturated heterocycles. The molecule has 0 aliphatic carbocycles. The summed E-state index contributed by atoms with van der Waals surface area (Å²) in [6.07, 6.45) is 0. The van der Waals surface area contributed by atoms with Crippen LogP contribution in [-0.4, -0.2) is 16.1 Å². The van der Waals surface area contributed by atoms with Crippen LogP contribution in [0.1, 0.15) is 16.1 Å². The van der Waals surface area contributed by atoms with E-state index in [1.807, 2.05) is 0 Å². The van der Waals surface area contributed by atoms with Crippen molar-refractivity contribution in [3.05, 3.63) is 23.1 Å². The minimum Gasteiger partial charge on any atom is -0.381 e. The summed E-state index contributed by atoms with van der Waals surface area (Å²) in [5, 5.41) is 0.152. The summed E-state index contributed by atoms with van der Waals surface area (Å²) in [5.74, 6) is -1.04. The molecule has 1 rings (SSSR count). The molecule has 0 bridgehead atoms. The van der Waals surface area contributed by atoms with Gasteiger partial charge in [-0.25, -0.2) is 9.37 Å². The lowest BCUT2D eigenvalue weighted by molar-refractivity contribution is 0.102. The summed E-state index contributed by atoms with van der Waals surface area (Å²) in [6.45, 7) is 1.62. The van der Waals surface area contributed by atoms with Crippen LogP contribution in [0.3, 0.4) is 0 Å². The fourth-order valence-corrected chi connectivity index (χ4v) is 1.26. The predicted octanol–water partition coefficient (Wildman–Crippen LogP) is 1.69. The Bertz CT molecular complexity index is 354. The molecule has 3 nitrogen and oxygen atoms in total. The average molecular weight is 247 g/mol. The Kier molecular flexibility index (Phi) is 2.98. The van der Waals surface area contributed by atoms with Gasteiger partial charge in [-0.15, -0.1) is 0 Å². The summed E-state index contributed by atoms with van der Waals surface area (Å²) in [6, 6.07) is 1.11. The molecule has 0 spiro atoms. The molecule has 1 aromatic rings. The first kappa shape index (κ1) is 10.1. The number of nitrogens with two attached hydrogens (primary N) is 1. The van der Waals surface area contributed by atoms with E-state index in [2.05, 4.69) is 20.9 Å². The molecular formula is C8H8BrFN2O. The quantitative estimate of drug-likeness (QED) is 0.639. The summed E-state index contributed by atoms with van der Waals surface area (Å²) in [5.41, 5.74) is 5.94. The monoisotopic (exact) mass is 246 g/mol. The van der Waals surface area contributed by atoms with Gasteiger partial charge in [0.25, 0.3) is 0 Å². The number of hydrogen-bond acceptors (Lipinski definition) is 3. The molecule has 0 amide bonds. The van der Waals surface area contributed by atoms with Crippen LogP contribution >= 0.6 is 15.9 Å². The second kappa shape index (κ2) is 3.83. The van der Waals surface area contributed by atoms with Gasteiger partial charge in [0.2, 0.25) is 0 Å². The summed E-state index contributed by atoms with van der Waals surface area (Å²) in [4.78, 5) is 14.9. The van der Waals surface area contributed by atoms with Crippen LogP contribution in [0, 0.1) is 12.7 Å². The van der Waals surface area contributed by atoms with Crippen molar-refractivity contribution in [3.63, 3.8) is 0 Å². The number of aryl methyl sites for hydroxylation is 1. The summed E-state index contributed by atoms with van der Waals surface area (Å²) in [7, 11) is 0. The van der Waals surface area contributed by atoms with Crippen molar-refractivity contribution in [2.45, 2.75) is 6.92 Å². The number of carbonyl (C=O) groups is 1. The lowest BCUT2D eigenvalue weighted by Crippen LogP contribution is -2.07. The van der Waals surface area contributed by atoms with Crippen molar-refractivity contribution in [3.8, 4) is 0 Å². The first-order chi connectivity index (χ1) is 6.06. The number of carbonyl (C=O) groups excluding carboxylic acids is 1. The second-order valence-corrected chi connectivity index (χ2v) is 3.11. The third-order valence-electron chi connectivity index (χ3n) is 1.62. The highest BCUT2D eigenvalue weighted by Crippen LogP contribution is 2.14. The van der Waals surface area contributed by atoms with Gasteiger partial charge in [0, 0.05) is 5.56 Å². The molecule has 0 aliphatic heterocycles. The van der Waals surface area contributed by atoms with E-state index < -0.39 is 5.82 Å². The zero-order chi connectivity index (χ0) is 10.0. The topological polar surface area (TPSA) is 56.0 Å². The number of nitrogen functional groups attached to an aromatic ring is 1. The number of Topliss-reactive ketones (excluding diaryl/α,β-unsaturated/α-hetero) is 1.